The van der Waals surface area contributed by atoms with Gasteiger partial charge in [0.1, 0.15) is 10.0 Å². The van der Waals surface area contributed by atoms with Crippen molar-refractivity contribution in [3.05, 3.63) is 31.8 Å². The number of rotatable bonds is 4. The average Bonchev–Trinajstić information content (AvgIpc) is 2.78. The normalized spacial score (nSPS) is 10.8. The molecular formula is C11H11ClIN3S. The lowest BCUT2D eigenvalue weighted by Crippen LogP contribution is -1.99. The number of benzene rings is 1. The molecule has 1 aromatic heterocycles. The highest BCUT2D eigenvalue weighted by molar-refractivity contribution is 14.1. The van der Waals surface area contributed by atoms with E-state index < -0.39 is 0 Å². The highest BCUT2D eigenvalue weighted by Crippen LogP contribution is 2.30. The smallest absolute Gasteiger partial charge is 0.148 e. The maximum Gasteiger partial charge on any atom is 0.148 e. The Bertz CT molecular complexity index is 515. The van der Waals surface area contributed by atoms with Crippen LogP contribution in [0.5, 0.6) is 0 Å². The van der Waals surface area contributed by atoms with Crippen LogP contribution in [0, 0.1) is 3.57 Å². The molecule has 1 heterocycles. The van der Waals surface area contributed by atoms with E-state index >= 15 is 0 Å². The van der Waals surface area contributed by atoms with Gasteiger partial charge in [-0.15, -0.1) is 10.2 Å². The van der Waals surface area contributed by atoms with Gasteiger partial charge in [0, 0.05) is 20.6 Å². The Kier molecular flexibility index (Phi) is 4.72. The molecule has 0 aliphatic carbocycles. The SMILES string of the molecule is NCCCc1nnc(-c2cc(Cl)ccc2I)s1. The summed E-state index contributed by atoms with van der Waals surface area (Å²) in [6.45, 7) is 0.684. The van der Waals surface area contributed by atoms with Crippen LogP contribution in [0.15, 0.2) is 18.2 Å². The zero-order valence-corrected chi connectivity index (χ0v) is 12.7. The Hall–Kier alpha value is -0.240. The van der Waals surface area contributed by atoms with Crippen molar-refractivity contribution in [1.29, 1.82) is 0 Å². The largest absolute Gasteiger partial charge is 0.330 e. The molecule has 6 heteroatoms. The van der Waals surface area contributed by atoms with Crippen molar-refractivity contribution in [2.75, 3.05) is 6.54 Å². The van der Waals surface area contributed by atoms with Crippen molar-refractivity contribution >= 4 is 45.5 Å². The van der Waals surface area contributed by atoms with Crippen LogP contribution < -0.4 is 5.73 Å². The molecule has 2 N–H and O–H groups in total. The van der Waals surface area contributed by atoms with Crippen molar-refractivity contribution in [1.82, 2.24) is 10.2 Å². The van der Waals surface area contributed by atoms with Crippen molar-refractivity contribution in [2.45, 2.75) is 12.8 Å². The minimum absolute atomic E-state index is 0.684. The Labute approximate surface area is 123 Å². The highest BCUT2D eigenvalue weighted by atomic mass is 127. The van der Waals surface area contributed by atoms with Gasteiger partial charge < -0.3 is 5.73 Å². The van der Waals surface area contributed by atoms with Crippen LogP contribution in [0.2, 0.25) is 5.02 Å². The van der Waals surface area contributed by atoms with E-state index in [1.165, 1.54) is 0 Å². The molecule has 0 unspecified atom stereocenters. The molecule has 0 fully saturated rings. The average molecular weight is 380 g/mol. The predicted molar refractivity (Wildman–Crippen MR) is 80.4 cm³/mol. The van der Waals surface area contributed by atoms with Crippen LogP contribution >= 0.6 is 45.5 Å². The minimum Gasteiger partial charge on any atom is -0.330 e. The van der Waals surface area contributed by atoms with E-state index in [1.54, 1.807) is 11.3 Å². The van der Waals surface area contributed by atoms with E-state index in [0.717, 1.165) is 37.0 Å². The first-order valence-electron chi connectivity index (χ1n) is 5.18. The number of aryl methyl sites for hydroxylation is 1. The number of nitrogens with two attached hydrogens (primary N) is 1. The molecule has 0 bridgehead atoms. The highest BCUT2D eigenvalue weighted by Gasteiger charge is 2.10. The lowest BCUT2D eigenvalue weighted by atomic mass is 10.2. The van der Waals surface area contributed by atoms with E-state index in [1.807, 2.05) is 18.2 Å². The lowest BCUT2D eigenvalue weighted by molar-refractivity contribution is 0.812. The molecule has 90 valence electrons. The third-order valence-corrected chi connectivity index (χ3v) is 4.41. The second-order valence-corrected chi connectivity index (χ2v) is 6.18. The van der Waals surface area contributed by atoms with Gasteiger partial charge >= 0.3 is 0 Å². The maximum absolute atomic E-state index is 5.99. The first kappa shape index (κ1) is 13.2. The fourth-order valence-electron chi connectivity index (χ4n) is 1.38. The molecule has 0 amide bonds. The fourth-order valence-corrected chi connectivity index (χ4v) is 3.24. The molecule has 0 spiro atoms. The third-order valence-electron chi connectivity index (χ3n) is 2.22. The van der Waals surface area contributed by atoms with Crippen LogP contribution in [0.4, 0.5) is 0 Å². The zero-order valence-electron chi connectivity index (χ0n) is 8.99. The summed E-state index contributed by atoms with van der Waals surface area (Å²) in [5.74, 6) is 0. The number of hydrogen-bond donors (Lipinski definition) is 1. The van der Waals surface area contributed by atoms with E-state index in [4.69, 9.17) is 17.3 Å². The molecule has 2 rings (SSSR count). The Morgan fingerprint density at radius 3 is 2.94 bits per heavy atom. The lowest BCUT2D eigenvalue weighted by Gasteiger charge is -1.99. The molecule has 0 atom stereocenters. The van der Waals surface area contributed by atoms with Gasteiger partial charge in [0.25, 0.3) is 0 Å². The summed E-state index contributed by atoms with van der Waals surface area (Å²) in [5, 5.41) is 11.0. The minimum atomic E-state index is 0.684. The van der Waals surface area contributed by atoms with Gasteiger partial charge in [-0.1, -0.05) is 22.9 Å². The maximum atomic E-state index is 5.99. The zero-order chi connectivity index (χ0) is 12.3. The van der Waals surface area contributed by atoms with Gasteiger partial charge in [-0.3, -0.25) is 0 Å². The van der Waals surface area contributed by atoms with E-state index in [2.05, 4.69) is 32.8 Å². The van der Waals surface area contributed by atoms with Gasteiger partial charge in [-0.2, -0.15) is 0 Å². The second kappa shape index (κ2) is 6.08. The van der Waals surface area contributed by atoms with Gasteiger partial charge in [0.2, 0.25) is 0 Å². The molecule has 2 aromatic rings. The summed E-state index contributed by atoms with van der Waals surface area (Å²) < 4.78 is 1.13. The quantitative estimate of drug-likeness (QED) is 0.829. The molecule has 1 aromatic carbocycles. The molecule has 0 saturated carbocycles. The number of halogens is 2. The van der Waals surface area contributed by atoms with E-state index in [0.29, 0.717) is 6.54 Å². The monoisotopic (exact) mass is 379 g/mol. The molecular weight excluding hydrogens is 369 g/mol. The summed E-state index contributed by atoms with van der Waals surface area (Å²) in [6, 6.07) is 5.79. The predicted octanol–water partition coefficient (Wildman–Crippen LogP) is 3.35. The van der Waals surface area contributed by atoms with E-state index in [9.17, 15) is 0 Å². The number of nitrogens with zero attached hydrogens (tertiary/aromatic N) is 2. The summed E-state index contributed by atoms with van der Waals surface area (Å²) >= 11 is 9.88. The fraction of sp³-hybridized carbons (Fsp3) is 0.273. The Morgan fingerprint density at radius 1 is 1.35 bits per heavy atom. The van der Waals surface area contributed by atoms with Crippen LogP contribution in [-0.2, 0) is 6.42 Å². The third kappa shape index (κ3) is 3.37. The number of aromatic nitrogens is 2. The second-order valence-electron chi connectivity index (χ2n) is 3.52. The Balaban J connectivity index is 2.27. The molecule has 0 aliphatic heterocycles. The van der Waals surface area contributed by atoms with Crippen LogP contribution in [0.3, 0.4) is 0 Å². The van der Waals surface area contributed by atoms with Crippen molar-refractivity contribution in [3.63, 3.8) is 0 Å². The van der Waals surface area contributed by atoms with Crippen LogP contribution in [0.1, 0.15) is 11.4 Å². The van der Waals surface area contributed by atoms with Crippen LogP contribution in [-0.4, -0.2) is 16.7 Å². The molecule has 0 radical (unpaired) electrons. The molecule has 3 nitrogen and oxygen atoms in total. The van der Waals surface area contributed by atoms with Crippen molar-refractivity contribution < 1.29 is 0 Å². The Morgan fingerprint density at radius 2 is 2.18 bits per heavy atom. The standard InChI is InChI=1S/C11H11ClIN3S/c12-7-3-4-9(13)8(6-7)11-16-15-10(17-11)2-1-5-14/h3-4,6H,1-2,5,14H2. The topological polar surface area (TPSA) is 51.8 Å². The van der Waals surface area contributed by atoms with Crippen molar-refractivity contribution in [2.24, 2.45) is 5.73 Å². The molecule has 0 saturated heterocycles. The van der Waals surface area contributed by atoms with Gasteiger partial charge in [-0.25, -0.2) is 0 Å². The van der Waals surface area contributed by atoms with Gasteiger partial charge in [-0.05, 0) is 53.8 Å². The summed E-state index contributed by atoms with van der Waals surface area (Å²) in [5.41, 5.74) is 6.53. The first-order chi connectivity index (χ1) is 8.20. The summed E-state index contributed by atoms with van der Waals surface area (Å²) in [7, 11) is 0. The molecule has 17 heavy (non-hydrogen) atoms. The first-order valence-corrected chi connectivity index (χ1v) is 7.46. The van der Waals surface area contributed by atoms with E-state index in [-0.39, 0.29) is 0 Å². The molecule has 0 aliphatic rings. The number of hydrogen-bond acceptors (Lipinski definition) is 4. The van der Waals surface area contributed by atoms with Gasteiger partial charge in [0.15, 0.2) is 0 Å². The van der Waals surface area contributed by atoms with Crippen molar-refractivity contribution in [3.8, 4) is 10.6 Å². The summed E-state index contributed by atoms with van der Waals surface area (Å²) in [6.07, 6.45) is 1.84. The van der Waals surface area contributed by atoms with Crippen LogP contribution in [0.25, 0.3) is 10.6 Å². The van der Waals surface area contributed by atoms with Gasteiger partial charge in [0.05, 0.1) is 0 Å². The summed E-state index contributed by atoms with van der Waals surface area (Å²) in [4.78, 5) is 0.